The topological polar surface area (TPSA) is 74.5 Å². The molecule has 0 aromatic carbocycles. The Balaban J connectivity index is 2.19. The molecule has 92 valence electrons. The zero-order chi connectivity index (χ0) is 12.4. The van der Waals surface area contributed by atoms with Crippen molar-refractivity contribution in [2.45, 2.75) is 19.9 Å². The molecule has 0 aliphatic rings. The second kappa shape index (κ2) is 4.97. The smallest absolute Gasteiger partial charge is 0.0857 e. The lowest BCUT2D eigenvalue weighted by molar-refractivity contribution is 0.598. The molecule has 2 rings (SSSR count). The summed E-state index contributed by atoms with van der Waals surface area (Å²) in [5.74, 6) is 0. The molecule has 2 heterocycles. The van der Waals surface area contributed by atoms with Crippen LogP contribution in [0.1, 0.15) is 17.1 Å². The second-order valence-electron chi connectivity index (χ2n) is 3.92. The van der Waals surface area contributed by atoms with Crippen LogP contribution in [-0.4, -0.2) is 31.3 Å². The van der Waals surface area contributed by atoms with Crippen LogP contribution in [0.25, 0.3) is 0 Å². The van der Waals surface area contributed by atoms with Crippen LogP contribution >= 0.6 is 15.9 Å². The Kier molecular flexibility index (Phi) is 3.58. The molecule has 17 heavy (non-hydrogen) atoms. The largest absolute Gasteiger partial charge is 0.330 e. The van der Waals surface area contributed by atoms with Crippen LogP contribution in [0.4, 0.5) is 0 Å². The maximum Gasteiger partial charge on any atom is 0.0857 e. The van der Waals surface area contributed by atoms with Crippen LogP contribution < -0.4 is 5.73 Å². The summed E-state index contributed by atoms with van der Waals surface area (Å²) in [5.41, 5.74) is 8.45. The fourth-order valence-electron chi connectivity index (χ4n) is 1.68. The molecule has 0 aliphatic heterocycles. The SMILES string of the molecule is Cc1nn(C)c(Cn2cc(CCN)nn2)c1Br. The first kappa shape index (κ1) is 12.3. The van der Waals surface area contributed by atoms with Gasteiger partial charge in [-0.05, 0) is 29.4 Å². The van der Waals surface area contributed by atoms with Crippen molar-refractivity contribution in [2.24, 2.45) is 12.8 Å². The van der Waals surface area contributed by atoms with E-state index in [9.17, 15) is 0 Å². The predicted molar refractivity (Wildman–Crippen MR) is 67.5 cm³/mol. The molecule has 2 aromatic rings. The van der Waals surface area contributed by atoms with Crippen molar-refractivity contribution in [2.75, 3.05) is 6.54 Å². The molecule has 0 aliphatic carbocycles. The summed E-state index contributed by atoms with van der Waals surface area (Å²) in [4.78, 5) is 0. The van der Waals surface area contributed by atoms with Crippen LogP contribution in [0, 0.1) is 6.92 Å². The van der Waals surface area contributed by atoms with Crippen molar-refractivity contribution < 1.29 is 0 Å². The van der Waals surface area contributed by atoms with Gasteiger partial charge in [-0.3, -0.25) is 4.68 Å². The summed E-state index contributed by atoms with van der Waals surface area (Å²) in [5, 5.41) is 12.5. The first-order valence-electron chi connectivity index (χ1n) is 5.39. The van der Waals surface area contributed by atoms with E-state index in [1.165, 1.54) is 0 Å². The standard InChI is InChI=1S/C10H15BrN6/c1-7-10(11)9(16(2)14-7)6-17-5-8(3-4-12)13-15-17/h5H,3-4,6,12H2,1-2H3. The van der Waals surface area contributed by atoms with Gasteiger partial charge in [-0.15, -0.1) is 5.10 Å². The Labute approximate surface area is 108 Å². The predicted octanol–water partition coefficient (Wildman–Crippen LogP) is 0.632. The molecular formula is C10H15BrN6. The third kappa shape index (κ3) is 2.55. The van der Waals surface area contributed by atoms with Crippen molar-refractivity contribution in [3.8, 4) is 0 Å². The summed E-state index contributed by atoms with van der Waals surface area (Å²) in [6.45, 7) is 3.21. The highest BCUT2D eigenvalue weighted by Gasteiger charge is 2.11. The summed E-state index contributed by atoms with van der Waals surface area (Å²) < 4.78 is 4.67. The minimum absolute atomic E-state index is 0.590. The van der Waals surface area contributed by atoms with Crippen molar-refractivity contribution in [1.82, 2.24) is 24.8 Å². The van der Waals surface area contributed by atoms with Crippen LogP contribution in [-0.2, 0) is 20.0 Å². The molecule has 7 heteroatoms. The monoisotopic (exact) mass is 298 g/mol. The fraction of sp³-hybridized carbons (Fsp3) is 0.500. The Morgan fingerprint density at radius 2 is 2.24 bits per heavy atom. The highest BCUT2D eigenvalue weighted by atomic mass is 79.9. The minimum atomic E-state index is 0.590. The van der Waals surface area contributed by atoms with Crippen LogP contribution in [0.3, 0.4) is 0 Å². The molecule has 0 radical (unpaired) electrons. The van der Waals surface area contributed by atoms with E-state index in [4.69, 9.17) is 5.73 Å². The molecule has 0 amide bonds. The number of halogens is 1. The molecule has 2 aromatic heterocycles. The summed E-state index contributed by atoms with van der Waals surface area (Å²) in [6.07, 6.45) is 2.67. The van der Waals surface area contributed by atoms with E-state index in [-0.39, 0.29) is 0 Å². The zero-order valence-electron chi connectivity index (χ0n) is 9.89. The normalized spacial score (nSPS) is 11.1. The average Bonchev–Trinajstić information content (AvgIpc) is 2.81. The molecule has 0 fully saturated rings. The highest BCUT2D eigenvalue weighted by Crippen LogP contribution is 2.20. The number of nitrogens with zero attached hydrogens (tertiary/aromatic N) is 5. The van der Waals surface area contributed by atoms with E-state index >= 15 is 0 Å². The zero-order valence-corrected chi connectivity index (χ0v) is 11.5. The lowest BCUT2D eigenvalue weighted by Crippen LogP contribution is -2.06. The molecule has 6 nitrogen and oxygen atoms in total. The van der Waals surface area contributed by atoms with Crippen molar-refractivity contribution >= 4 is 15.9 Å². The van der Waals surface area contributed by atoms with Crippen molar-refractivity contribution in [3.05, 3.63) is 27.8 Å². The van der Waals surface area contributed by atoms with E-state index in [2.05, 4.69) is 31.3 Å². The third-order valence-electron chi connectivity index (χ3n) is 2.56. The Bertz CT molecular complexity index is 515. The van der Waals surface area contributed by atoms with Gasteiger partial charge in [0.2, 0.25) is 0 Å². The molecule has 0 saturated heterocycles. The van der Waals surface area contributed by atoms with Gasteiger partial charge in [0.25, 0.3) is 0 Å². The van der Waals surface area contributed by atoms with Gasteiger partial charge in [-0.2, -0.15) is 5.10 Å². The lowest BCUT2D eigenvalue weighted by atomic mass is 10.3. The number of aromatic nitrogens is 5. The number of aryl methyl sites for hydroxylation is 2. The number of rotatable bonds is 4. The molecule has 0 atom stereocenters. The fourth-order valence-corrected chi connectivity index (χ4v) is 2.14. The van der Waals surface area contributed by atoms with Crippen molar-refractivity contribution in [1.29, 1.82) is 0 Å². The molecular weight excluding hydrogens is 284 g/mol. The summed E-state index contributed by atoms with van der Waals surface area (Å²) in [7, 11) is 1.92. The van der Waals surface area contributed by atoms with Gasteiger partial charge in [0.05, 0.1) is 28.1 Å². The Hall–Kier alpha value is -1.21. The number of hydrogen-bond acceptors (Lipinski definition) is 4. The minimum Gasteiger partial charge on any atom is -0.330 e. The first-order chi connectivity index (χ1) is 8.11. The van der Waals surface area contributed by atoms with Gasteiger partial charge in [0, 0.05) is 19.7 Å². The second-order valence-corrected chi connectivity index (χ2v) is 4.71. The van der Waals surface area contributed by atoms with Crippen LogP contribution in [0.5, 0.6) is 0 Å². The lowest BCUT2D eigenvalue weighted by Gasteiger charge is -2.02. The molecule has 0 unspecified atom stereocenters. The Morgan fingerprint density at radius 1 is 1.47 bits per heavy atom. The molecule has 0 bridgehead atoms. The van der Waals surface area contributed by atoms with E-state index in [1.807, 2.05) is 24.9 Å². The molecule has 2 N–H and O–H groups in total. The third-order valence-corrected chi connectivity index (χ3v) is 3.59. The highest BCUT2D eigenvalue weighted by molar-refractivity contribution is 9.10. The maximum atomic E-state index is 5.48. The van der Waals surface area contributed by atoms with Gasteiger partial charge >= 0.3 is 0 Å². The maximum absolute atomic E-state index is 5.48. The van der Waals surface area contributed by atoms with E-state index in [1.54, 1.807) is 4.68 Å². The van der Waals surface area contributed by atoms with Gasteiger partial charge in [0.15, 0.2) is 0 Å². The summed E-state index contributed by atoms with van der Waals surface area (Å²) >= 11 is 3.53. The number of hydrogen-bond donors (Lipinski definition) is 1. The summed E-state index contributed by atoms with van der Waals surface area (Å²) in [6, 6.07) is 0. The van der Waals surface area contributed by atoms with Gasteiger partial charge in [0.1, 0.15) is 0 Å². The van der Waals surface area contributed by atoms with E-state index in [0.717, 1.165) is 28.0 Å². The Morgan fingerprint density at radius 3 is 2.82 bits per heavy atom. The molecule has 0 saturated carbocycles. The average molecular weight is 299 g/mol. The van der Waals surface area contributed by atoms with E-state index < -0.39 is 0 Å². The number of nitrogens with two attached hydrogens (primary N) is 1. The van der Waals surface area contributed by atoms with Crippen molar-refractivity contribution in [3.63, 3.8) is 0 Å². The van der Waals surface area contributed by atoms with Gasteiger partial charge < -0.3 is 5.73 Å². The first-order valence-corrected chi connectivity index (χ1v) is 6.18. The quantitative estimate of drug-likeness (QED) is 0.898. The van der Waals surface area contributed by atoms with Gasteiger partial charge in [-0.25, -0.2) is 4.68 Å². The van der Waals surface area contributed by atoms with Crippen LogP contribution in [0.15, 0.2) is 10.7 Å². The van der Waals surface area contributed by atoms with E-state index in [0.29, 0.717) is 13.1 Å². The van der Waals surface area contributed by atoms with Crippen LogP contribution in [0.2, 0.25) is 0 Å². The molecule has 0 spiro atoms. The van der Waals surface area contributed by atoms with Gasteiger partial charge in [-0.1, -0.05) is 5.21 Å².